The molecule has 1 saturated carbocycles. The zero-order chi connectivity index (χ0) is 13.3. The van der Waals surface area contributed by atoms with Crippen LogP contribution in [0.4, 0.5) is 10.7 Å². The first kappa shape index (κ1) is 13.0. The summed E-state index contributed by atoms with van der Waals surface area (Å²) in [6.07, 6.45) is 3.66. The maximum atomic E-state index is 11.2. The van der Waals surface area contributed by atoms with Crippen LogP contribution in [0.3, 0.4) is 0 Å². The van der Waals surface area contributed by atoms with Gasteiger partial charge in [0, 0.05) is 6.54 Å². The molecule has 0 aromatic carbocycles. The van der Waals surface area contributed by atoms with Crippen LogP contribution < -0.4 is 21.5 Å². The number of nitrogens with two attached hydrogens (primary N) is 2. The highest BCUT2D eigenvalue weighted by atomic mass is 32.1. The highest BCUT2D eigenvalue weighted by molar-refractivity contribution is 7.19. The molecule has 0 bridgehead atoms. The number of carbonyl (C=O) groups excluding carboxylic acids is 1. The molecule has 5 nitrogen and oxygen atoms in total. The minimum absolute atomic E-state index is 0.332. The van der Waals surface area contributed by atoms with Crippen molar-refractivity contribution in [3.05, 3.63) is 4.88 Å². The monoisotopic (exact) mass is 269 g/mol. The number of anilines is 2. The molecule has 0 saturated heterocycles. The normalized spacial score (nSPS) is 16.3. The number of nitrogen functional groups attached to an aromatic ring is 1. The molecule has 1 amide bonds. The summed E-state index contributed by atoms with van der Waals surface area (Å²) in [4.78, 5) is 11.6. The molecular formula is C12H19N3O2S. The van der Waals surface area contributed by atoms with Gasteiger partial charge in [0.15, 0.2) is 5.75 Å². The fourth-order valence-corrected chi connectivity index (χ4v) is 2.97. The van der Waals surface area contributed by atoms with Gasteiger partial charge in [0.2, 0.25) is 0 Å². The minimum Gasteiger partial charge on any atom is -0.492 e. The van der Waals surface area contributed by atoms with Gasteiger partial charge in [-0.05, 0) is 24.7 Å². The Morgan fingerprint density at radius 3 is 2.67 bits per heavy atom. The zero-order valence-corrected chi connectivity index (χ0v) is 11.5. The molecule has 1 aliphatic rings. The van der Waals surface area contributed by atoms with Gasteiger partial charge in [-0.15, -0.1) is 11.3 Å². The van der Waals surface area contributed by atoms with Gasteiger partial charge in [-0.25, -0.2) is 0 Å². The number of thiophene rings is 1. The van der Waals surface area contributed by atoms with Gasteiger partial charge in [0.25, 0.3) is 5.91 Å². The van der Waals surface area contributed by atoms with E-state index in [0.29, 0.717) is 21.7 Å². The van der Waals surface area contributed by atoms with Crippen molar-refractivity contribution < 1.29 is 9.53 Å². The average Bonchev–Trinajstić information content (AvgIpc) is 3.05. The third-order valence-electron chi connectivity index (χ3n) is 3.66. The smallest absolute Gasteiger partial charge is 0.261 e. The van der Waals surface area contributed by atoms with E-state index < -0.39 is 5.91 Å². The van der Waals surface area contributed by atoms with E-state index in [-0.39, 0.29) is 0 Å². The molecule has 0 aliphatic heterocycles. The standard InChI is InChI=1S/C12H19N3O2S/c1-3-12(4-5-12)6-15-11-8(17-2)7(13)9(18-11)10(14)16/h15H,3-6,13H2,1-2H3,(H2,14,16). The number of nitrogens with one attached hydrogen (secondary N) is 1. The van der Waals surface area contributed by atoms with Crippen molar-refractivity contribution in [2.24, 2.45) is 11.1 Å². The maximum Gasteiger partial charge on any atom is 0.261 e. The van der Waals surface area contributed by atoms with Gasteiger partial charge < -0.3 is 21.5 Å². The van der Waals surface area contributed by atoms with E-state index in [1.807, 2.05) is 0 Å². The Kier molecular flexibility index (Phi) is 3.38. The summed E-state index contributed by atoms with van der Waals surface area (Å²) < 4.78 is 5.24. The largest absolute Gasteiger partial charge is 0.492 e. The molecule has 6 heteroatoms. The third kappa shape index (κ3) is 2.25. The van der Waals surface area contributed by atoms with Crippen LogP contribution in [0.1, 0.15) is 35.9 Å². The Labute approximate surface area is 110 Å². The number of methoxy groups -OCH3 is 1. The van der Waals surface area contributed by atoms with Gasteiger partial charge in [-0.3, -0.25) is 4.79 Å². The van der Waals surface area contributed by atoms with E-state index in [9.17, 15) is 4.79 Å². The second-order valence-corrected chi connectivity index (χ2v) is 5.80. The lowest BCUT2D eigenvalue weighted by atomic mass is 10.0. The third-order valence-corrected chi connectivity index (χ3v) is 4.82. The van der Waals surface area contributed by atoms with E-state index in [2.05, 4.69) is 12.2 Å². The van der Waals surface area contributed by atoms with Gasteiger partial charge in [0.05, 0.1) is 7.11 Å². The first-order chi connectivity index (χ1) is 8.53. The molecule has 1 aliphatic carbocycles. The zero-order valence-electron chi connectivity index (χ0n) is 10.7. The molecule has 5 N–H and O–H groups in total. The van der Waals surface area contributed by atoms with Crippen LogP contribution in [0, 0.1) is 5.41 Å². The second-order valence-electron chi connectivity index (χ2n) is 4.78. The molecule has 0 radical (unpaired) electrons. The Bertz CT molecular complexity index is 466. The van der Waals surface area contributed by atoms with Crippen LogP contribution in [0.2, 0.25) is 0 Å². The highest BCUT2D eigenvalue weighted by Crippen LogP contribution is 2.50. The fourth-order valence-electron chi connectivity index (χ4n) is 2.03. The minimum atomic E-state index is -0.513. The molecule has 0 spiro atoms. The number of primary amides is 1. The highest BCUT2D eigenvalue weighted by Gasteiger charge is 2.40. The predicted molar refractivity (Wildman–Crippen MR) is 74.2 cm³/mol. The van der Waals surface area contributed by atoms with Crippen LogP contribution >= 0.6 is 11.3 Å². The molecule has 1 aromatic rings. The maximum absolute atomic E-state index is 11.2. The van der Waals surface area contributed by atoms with Crippen molar-refractivity contribution in [3.63, 3.8) is 0 Å². The molecule has 1 aromatic heterocycles. The molecule has 18 heavy (non-hydrogen) atoms. The number of hydrogen-bond acceptors (Lipinski definition) is 5. The lowest BCUT2D eigenvalue weighted by Crippen LogP contribution is -2.14. The first-order valence-electron chi connectivity index (χ1n) is 6.03. The first-order valence-corrected chi connectivity index (χ1v) is 6.84. The van der Waals surface area contributed by atoms with E-state index in [1.165, 1.54) is 24.2 Å². The van der Waals surface area contributed by atoms with Crippen molar-refractivity contribution in [1.29, 1.82) is 0 Å². The van der Waals surface area contributed by atoms with Gasteiger partial charge in [-0.2, -0.15) is 0 Å². The summed E-state index contributed by atoms with van der Waals surface area (Å²) in [5.41, 5.74) is 11.9. The van der Waals surface area contributed by atoms with Gasteiger partial charge in [0.1, 0.15) is 15.6 Å². The predicted octanol–water partition coefficient (Wildman–Crippen LogP) is 2.04. The summed E-state index contributed by atoms with van der Waals surface area (Å²) in [7, 11) is 1.54. The Morgan fingerprint density at radius 2 is 2.22 bits per heavy atom. The lowest BCUT2D eigenvalue weighted by Gasteiger charge is -2.14. The molecule has 0 unspecified atom stereocenters. The SMILES string of the molecule is CCC1(CNc2sc(C(N)=O)c(N)c2OC)CC1. The van der Waals surface area contributed by atoms with E-state index in [4.69, 9.17) is 16.2 Å². The van der Waals surface area contributed by atoms with Crippen LogP contribution in [-0.4, -0.2) is 19.6 Å². The molecule has 100 valence electrons. The fraction of sp³-hybridized carbons (Fsp3) is 0.583. The number of hydrogen-bond donors (Lipinski definition) is 3. The van der Waals surface area contributed by atoms with Gasteiger partial charge >= 0.3 is 0 Å². The van der Waals surface area contributed by atoms with E-state index in [1.54, 1.807) is 7.11 Å². The van der Waals surface area contributed by atoms with Crippen molar-refractivity contribution >= 4 is 27.9 Å². The van der Waals surface area contributed by atoms with Gasteiger partial charge in [-0.1, -0.05) is 6.92 Å². The Hall–Kier alpha value is -1.43. The van der Waals surface area contributed by atoms with Crippen LogP contribution in [0.5, 0.6) is 5.75 Å². The molecule has 1 heterocycles. The summed E-state index contributed by atoms with van der Waals surface area (Å²) in [5.74, 6) is 0.0150. The van der Waals surface area contributed by atoms with Crippen LogP contribution in [-0.2, 0) is 0 Å². The van der Waals surface area contributed by atoms with Crippen molar-refractivity contribution in [2.45, 2.75) is 26.2 Å². The Balaban J connectivity index is 2.16. The second kappa shape index (κ2) is 4.68. The Morgan fingerprint density at radius 1 is 1.56 bits per heavy atom. The summed E-state index contributed by atoms with van der Waals surface area (Å²) in [5, 5.41) is 4.13. The summed E-state index contributed by atoms with van der Waals surface area (Å²) in [6.45, 7) is 3.08. The average molecular weight is 269 g/mol. The van der Waals surface area contributed by atoms with Crippen LogP contribution in [0.25, 0.3) is 0 Å². The molecule has 0 atom stereocenters. The van der Waals surface area contributed by atoms with E-state index in [0.717, 1.165) is 18.0 Å². The van der Waals surface area contributed by atoms with Crippen molar-refractivity contribution in [1.82, 2.24) is 0 Å². The lowest BCUT2D eigenvalue weighted by molar-refractivity contribution is 0.100. The van der Waals surface area contributed by atoms with Crippen molar-refractivity contribution in [2.75, 3.05) is 24.7 Å². The number of carbonyl (C=O) groups is 1. The molecular weight excluding hydrogens is 250 g/mol. The summed E-state index contributed by atoms with van der Waals surface area (Å²) in [6, 6.07) is 0. The number of amides is 1. The number of ether oxygens (including phenoxy) is 1. The summed E-state index contributed by atoms with van der Waals surface area (Å²) >= 11 is 1.26. The molecule has 2 rings (SSSR count). The quantitative estimate of drug-likeness (QED) is 0.737. The van der Waals surface area contributed by atoms with E-state index >= 15 is 0 Å². The van der Waals surface area contributed by atoms with Crippen LogP contribution in [0.15, 0.2) is 0 Å². The van der Waals surface area contributed by atoms with Crippen molar-refractivity contribution in [3.8, 4) is 5.75 Å². The topological polar surface area (TPSA) is 90.4 Å². The number of rotatable bonds is 6. The molecule has 1 fully saturated rings.